The second kappa shape index (κ2) is 8.08. The van der Waals surface area contributed by atoms with Crippen LogP contribution in [0.15, 0.2) is 0 Å². The van der Waals surface area contributed by atoms with Crippen LogP contribution in [0.1, 0.15) is 68.2 Å². The van der Waals surface area contributed by atoms with Crippen LogP contribution < -0.4 is 0 Å². The number of hydrogen-bond donors (Lipinski definition) is 0. The van der Waals surface area contributed by atoms with Crippen molar-refractivity contribution < 1.29 is 17.1 Å². The fourth-order valence-corrected chi connectivity index (χ4v) is 4.10. The maximum absolute atomic E-state index is 2.39. The minimum atomic E-state index is 0. The van der Waals surface area contributed by atoms with E-state index >= 15 is 0 Å². The van der Waals surface area contributed by atoms with Crippen molar-refractivity contribution in [2.24, 2.45) is 47.3 Å². The largest absolute Gasteiger partial charge is 0.0622 e. The Morgan fingerprint density at radius 3 is 0.632 bits per heavy atom. The van der Waals surface area contributed by atoms with Crippen LogP contribution in [-0.4, -0.2) is 0 Å². The standard InChI is InChI=1S/2C9H18.Fe/c2*1-6-5-7(2)9(4)8(6)3;/h2*6-9H,5H2,1-4H3;. The Hall–Kier alpha value is 0.519. The molecule has 0 aromatic heterocycles. The Labute approximate surface area is 133 Å². The van der Waals surface area contributed by atoms with Crippen molar-refractivity contribution in [3.05, 3.63) is 0 Å². The molecule has 0 radical (unpaired) electrons. The predicted molar refractivity (Wildman–Crippen MR) is 82.5 cm³/mol. The SMILES string of the molecule is CC1CC(C)C(C)C1C.CC1CC(C)C(C)C1C.[Fe]. The second-order valence-corrected chi connectivity index (χ2v) is 7.82. The molecule has 0 aromatic carbocycles. The molecule has 2 aliphatic rings. The molecule has 2 saturated carbocycles. The molecule has 0 aromatic rings. The van der Waals surface area contributed by atoms with Gasteiger partial charge in [-0.1, -0.05) is 55.4 Å². The molecule has 8 atom stereocenters. The van der Waals surface area contributed by atoms with Crippen molar-refractivity contribution in [2.75, 3.05) is 0 Å². The molecule has 0 heterocycles. The van der Waals surface area contributed by atoms with Crippen LogP contribution >= 0.6 is 0 Å². The Bertz CT molecular complexity index is 200. The molecule has 2 fully saturated rings. The van der Waals surface area contributed by atoms with Crippen molar-refractivity contribution >= 4 is 0 Å². The van der Waals surface area contributed by atoms with Gasteiger partial charge in [-0.05, 0) is 60.2 Å². The Balaban J connectivity index is 0.000000324. The molecule has 0 saturated heterocycles. The van der Waals surface area contributed by atoms with E-state index < -0.39 is 0 Å². The van der Waals surface area contributed by atoms with Gasteiger partial charge in [-0.15, -0.1) is 0 Å². The molecular formula is C18H36Fe. The van der Waals surface area contributed by atoms with Crippen molar-refractivity contribution in [2.45, 2.75) is 68.2 Å². The van der Waals surface area contributed by atoms with Crippen LogP contribution in [-0.2, 0) is 17.1 Å². The van der Waals surface area contributed by atoms with E-state index in [2.05, 4.69) is 55.4 Å². The van der Waals surface area contributed by atoms with Crippen LogP contribution in [0, 0.1) is 47.3 Å². The van der Waals surface area contributed by atoms with E-state index in [9.17, 15) is 0 Å². The van der Waals surface area contributed by atoms with E-state index in [1.165, 1.54) is 12.8 Å². The van der Waals surface area contributed by atoms with Crippen molar-refractivity contribution in [3.63, 3.8) is 0 Å². The van der Waals surface area contributed by atoms with Crippen molar-refractivity contribution in [3.8, 4) is 0 Å². The summed E-state index contributed by atoms with van der Waals surface area (Å²) in [6.45, 7) is 19.1. The van der Waals surface area contributed by atoms with E-state index in [1.807, 2.05) is 0 Å². The van der Waals surface area contributed by atoms with Gasteiger partial charge in [0.1, 0.15) is 0 Å². The van der Waals surface area contributed by atoms with E-state index in [-0.39, 0.29) is 17.1 Å². The molecular weight excluding hydrogens is 272 g/mol. The molecule has 116 valence electrons. The third kappa shape index (κ3) is 4.78. The minimum absolute atomic E-state index is 0. The van der Waals surface area contributed by atoms with Crippen LogP contribution in [0.25, 0.3) is 0 Å². The van der Waals surface area contributed by atoms with Gasteiger partial charge in [0.2, 0.25) is 0 Å². The predicted octanol–water partition coefficient (Wildman–Crippen LogP) is 5.87. The smallest absolute Gasteiger partial charge is 0 e. The fourth-order valence-electron chi connectivity index (χ4n) is 4.10. The van der Waals surface area contributed by atoms with Gasteiger partial charge in [0, 0.05) is 17.1 Å². The van der Waals surface area contributed by atoms with E-state index in [1.54, 1.807) is 0 Å². The first-order valence-corrected chi connectivity index (χ1v) is 8.25. The van der Waals surface area contributed by atoms with Crippen LogP contribution in [0.5, 0.6) is 0 Å². The first-order chi connectivity index (χ1) is 8.25. The van der Waals surface area contributed by atoms with Crippen molar-refractivity contribution in [1.82, 2.24) is 0 Å². The molecule has 0 amide bonds. The van der Waals surface area contributed by atoms with E-state index in [0.717, 1.165) is 47.3 Å². The van der Waals surface area contributed by atoms with Gasteiger partial charge in [-0.25, -0.2) is 0 Å². The molecule has 2 aliphatic carbocycles. The normalized spacial score (nSPS) is 49.3. The van der Waals surface area contributed by atoms with Crippen LogP contribution in [0.2, 0.25) is 0 Å². The number of hydrogen-bond acceptors (Lipinski definition) is 0. The zero-order valence-electron chi connectivity index (χ0n) is 14.4. The maximum Gasteiger partial charge on any atom is 0 e. The Kier molecular flexibility index (Phi) is 8.30. The van der Waals surface area contributed by atoms with Gasteiger partial charge in [-0.2, -0.15) is 0 Å². The first kappa shape index (κ1) is 19.5. The van der Waals surface area contributed by atoms with Gasteiger partial charge in [-0.3, -0.25) is 0 Å². The summed E-state index contributed by atoms with van der Waals surface area (Å²) in [4.78, 5) is 0. The molecule has 0 nitrogen and oxygen atoms in total. The first-order valence-electron chi connectivity index (χ1n) is 8.25. The molecule has 0 aliphatic heterocycles. The van der Waals surface area contributed by atoms with Gasteiger partial charge in [0.15, 0.2) is 0 Å². The molecule has 2 rings (SSSR count). The molecule has 19 heavy (non-hydrogen) atoms. The van der Waals surface area contributed by atoms with Crippen molar-refractivity contribution in [1.29, 1.82) is 0 Å². The summed E-state index contributed by atoms with van der Waals surface area (Å²) < 4.78 is 0. The fraction of sp³-hybridized carbons (Fsp3) is 1.00. The summed E-state index contributed by atoms with van der Waals surface area (Å²) in [5.74, 6) is 7.70. The molecule has 0 spiro atoms. The Morgan fingerprint density at radius 1 is 0.421 bits per heavy atom. The van der Waals surface area contributed by atoms with Gasteiger partial charge in [0.25, 0.3) is 0 Å². The summed E-state index contributed by atoms with van der Waals surface area (Å²) >= 11 is 0. The zero-order chi connectivity index (χ0) is 14.0. The third-order valence-corrected chi connectivity index (χ3v) is 6.74. The summed E-state index contributed by atoms with van der Waals surface area (Å²) in [5, 5.41) is 0. The molecule has 8 unspecified atom stereocenters. The molecule has 0 bridgehead atoms. The van der Waals surface area contributed by atoms with E-state index in [4.69, 9.17) is 0 Å². The third-order valence-electron chi connectivity index (χ3n) is 6.74. The number of rotatable bonds is 0. The minimum Gasteiger partial charge on any atom is -0.0622 e. The Morgan fingerprint density at radius 2 is 0.579 bits per heavy atom. The van der Waals surface area contributed by atoms with Crippen LogP contribution in [0.4, 0.5) is 0 Å². The summed E-state index contributed by atoms with van der Waals surface area (Å²) in [7, 11) is 0. The van der Waals surface area contributed by atoms with Gasteiger partial charge >= 0.3 is 0 Å². The topological polar surface area (TPSA) is 0 Å². The summed E-state index contributed by atoms with van der Waals surface area (Å²) in [6.07, 6.45) is 2.89. The molecule has 1 heteroatoms. The van der Waals surface area contributed by atoms with Crippen LogP contribution in [0.3, 0.4) is 0 Å². The average Bonchev–Trinajstić information content (AvgIpc) is 2.66. The van der Waals surface area contributed by atoms with Gasteiger partial charge in [0.05, 0.1) is 0 Å². The second-order valence-electron chi connectivity index (χ2n) is 7.82. The van der Waals surface area contributed by atoms with Gasteiger partial charge < -0.3 is 0 Å². The van der Waals surface area contributed by atoms with E-state index in [0.29, 0.717) is 0 Å². The summed E-state index contributed by atoms with van der Waals surface area (Å²) in [5.41, 5.74) is 0. The maximum atomic E-state index is 2.39. The quantitative estimate of drug-likeness (QED) is 0.491. The zero-order valence-corrected chi connectivity index (χ0v) is 15.5. The summed E-state index contributed by atoms with van der Waals surface area (Å²) in [6, 6.07) is 0. The average molecular weight is 308 g/mol. The monoisotopic (exact) mass is 308 g/mol. The molecule has 0 N–H and O–H groups in total.